The third-order valence-electron chi connectivity index (χ3n) is 5.04. The first kappa shape index (κ1) is 22.8. The minimum absolute atomic E-state index is 0.00442. The van der Waals surface area contributed by atoms with Gasteiger partial charge in [-0.15, -0.1) is 0 Å². The van der Waals surface area contributed by atoms with Crippen LogP contribution < -0.4 is 4.74 Å². The second-order valence-corrected chi connectivity index (χ2v) is 8.54. The maximum absolute atomic E-state index is 13.3. The SMILES string of the molecule is COc1ccccc1CC(C)N(Cc1ccccc1)C(=O)CSc1nc(C)cc(C)n1. The first-order valence-electron chi connectivity index (χ1n) is 10.4. The van der Waals surface area contributed by atoms with E-state index in [1.165, 1.54) is 11.8 Å². The highest BCUT2D eigenvalue weighted by Crippen LogP contribution is 2.23. The first-order chi connectivity index (χ1) is 15.0. The molecule has 162 valence electrons. The summed E-state index contributed by atoms with van der Waals surface area (Å²) in [5.74, 6) is 1.21. The van der Waals surface area contributed by atoms with Gasteiger partial charge in [0.25, 0.3) is 0 Å². The van der Waals surface area contributed by atoms with Crippen LogP contribution in [0.3, 0.4) is 0 Å². The summed E-state index contributed by atoms with van der Waals surface area (Å²) in [4.78, 5) is 24.1. The highest BCUT2D eigenvalue weighted by atomic mass is 32.2. The van der Waals surface area contributed by atoms with E-state index in [-0.39, 0.29) is 11.9 Å². The third kappa shape index (κ3) is 6.56. The van der Waals surface area contributed by atoms with E-state index in [2.05, 4.69) is 35.1 Å². The number of methoxy groups -OCH3 is 1. The Morgan fingerprint density at radius 2 is 1.68 bits per heavy atom. The van der Waals surface area contributed by atoms with E-state index in [4.69, 9.17) is 4.74 Å². The van der Waals surface area contributed by atoms with Gasteiger partial charge in [-0.1, -0.05) is 60.3 Å². The summed E-state index contributed by atoms with van der Waals surface area (Å²) in [5, 5.41) is 0.642. The van der Waals surface area contributed by atoms with Gasteiger partial charge in [-0.2, -0.15) is 0 Å². The third-order valence-corrected chi connectivity index (χ3v) is 5.87. The molecule has 0 aliphatic carbocycles. The van der Waals surface area contributed by atoms with Crippen LogP contribution in [0.25, 0.3) is 0 Å². The Kier molecular flexibility index (Phi) is 8.06. The Bertz CT molecular complexity index is 990. The lowest BCUT2D eigenvalue weighted by Gasteiger charge is -2.30. The molecule has 1 unspecified atom stereocenters. The summed E-state index contributed by atoms with van der Waals surface area (Å²) < 4.78 is 5.51. The van der Waals surface area contributed by atoms with E-state index < -0.39 is 0 Å². The molecule has 0 fully saturated rings. The highest BCUT2D eigenvalue weighted by molar-refractivity contribution is 7.99. The molecule has 0 saturated carbocycles. The molecular weight excluding hydrogens is 406 g/mol. The second kappa shape index (κ2) is 11.0. The van der Waals surface area contributed by atoms with E-state index in [1.807, 2.05) is 61.2 Å². The van der Waals surface area contributed by atoms with Crippen LogP contribution in [0.5, 0.6) is 5.75 Å². The lowest BCUT2D eigenvalue weighted by atomic mass is 10.0. The summed E-state index contributed by atoms with van der Waals surface area (Å²) in [5.41, 5.74) is 4.02. The monoisotopic (exact) mass is 435 g/mol. The number of carbonyl (C=O) groups excluding carboxylic acids is 1. The van der Waals surface area contributed by atoms with Crippen LogP contribution in [-0.4, -0.2) is 39.7 Å². The fraction of sp³-hybridized carbons (Fsp3) is 0.320. The molecule has 0 radical (unpaired) electrons. The van der Waals surface area contributed by atoms with E-state index in [9.17, 15) is 4.79 Å². The van der Waals surface area contributed by atoms with Gasteiger partial charge >= 0.3 is 0 Å². The second-order valence-electron chi connectivity index (χ2n) is 7.59. The number of amides is 1. The number of para-hydroxylation sites is 1. The maximum Gasteiger partial charge on any atom is 0.233 e. The van der Waals surface area contributed by atoms with Gasteiger partial charge in [0.05, 0.1) is 12.9 Å². The average molecular weight is 436 g/mol. The lowest BCUT2D eigenvalue weighted by Crippen LogP contribution is -2.40. The minimum Gasteiger partial charge on any atom is -0.496 e. The number of benzene rings is 2. The topological polar surface area (TPSA) is 55.3 Å². The smallest absolute Gasteiger partial charge is 0.233 e. The van der Waals surface area contributed by atoms with Crippen LogP contribution in [0.4, 0.5) is 0 Å². The molecule has 1 aromatic heterocycles. The summed E-state index contributed by atoms with van der Waals surface area (Å²) >= 11 is 1.39. The zero-order chi connectivity index (χ0) is 22.2. The van der Waals surface area contributed by atoms with Crippen LogP contribution in [0.15, 0.2) is 65.8 Å². The number of ether oxygens (including phenoxy) is 1. The maximum atomic E-state index is 13.3. The minimum atomic E-state index is 0.00442. The van der Waals surface area contributed by atoms with Crippen LogP contribution >= 0.6 is 11.8 Å². The van der Waals surface area contributed by atoms with Crippen LogP contribution in [0.1, 0.15) is 29.4 Å². The van der Waals surface area contributed by atoms with E-state index >= 15 is 0 Å². The number of carbonyl (C=O) groups is 1. The number of nitrogens with zero attached hydrogens (tertiary/aromatic N) is 3. The van der Waals surface area contributed by atoms with Gasteiger partial charge < -0.3 is 9.64 Å². The van der Waals surface area contributed by atoms with Crippen molar-refractivity contribution in [1.82, 2.24) is 14.9 Å². The summed E-state index contributed by atoms with van der Waals surface area (Å²) in [6.45, 7) is 6.53. The molecule has 31 heavy (non-hydrogen) atoms. The molecule has 0 saturated heterocycles. The molecule has 3 rings (SSSR count). The van der Waals surface area contributed by atoms with Crippen molar-refractivity contribution in [2.75, 3.05) is 12.9 Å². The molecule has 0 aliphatic rings. The Hall–Kier alpha value is -2.86. The standard InChI is InChI=1S/C25H29N3O2S/c1-18-14-19(2)27-25(26-18)31-17-24(29)28(16-21-10-6-5-7-11-21)20(3)15-22-12-8-9-13-23(22)30-4/h5-14,20H,15-17H2,1-4H3. The van der Waals surface area contributed by atoms with Crippen molar-refractivity contribution in [2.45, 2.75) is 44.9 Å². The van der Waals surface area contributed by atoms with E-state index in [1.54, 1.807) is 7.11 Å². The largest absolute Gasteiger partial charge is 0.496 e. The van der Waals surface area contributed by atoms with E-state index in [0.717, 1.165) is 28.3 Å². The number of aromatic nitrogens is 2. The fourth-order valence-corrected chi connectivity index (χ4v) is 4.37. The molecule has 1 amide bonds. The Labute approximate surface area is 188 Å². The van der Waals surface area contributed by atoms with E-state index in [0.29, 0.717) is 23.9 Å². The molecular formula is C25H29N3O2S. The van der Waals surface area contributed by atoms with Gasteiger partial charge in [-0.25, -0.2) is 9.97 Å². The number of rotatable bonds is 9. The average Bonchev–Trinajstić information content (AvgIpc) is 2.76. The van der Waals surface area contributed by atoms with Crippen LogP contribution in [0, 0.1) is 13.8 Å². The highest BCUT2D eigenvalue weighted by Gasteiger charge is 2.22. The molecule has 6 heteroatoms. The number of hydrogen-bond acceptors (Lipinski definition) is 5. The quantitative estimate of drug-likeness (QED) is 0.355. The Morgan fingerprint density at radius 1 is 1.03 bits per heavy atom. The normalized spacial score (nSPS) is 11.7. The van der Waals surface area contributed by atoms with Crippen molar-refractivity contribution < 1.29 is 9.53 Å². The fourth-order valence-electron chi connectivity index (χ4n) is 3.54. The number of aryl methyl sites for hydroxylation is 2. The summed E-state index contributed by atoms with van der Waals surface area (Å²) in [7, 11) is 1.68. The van der Waals surface area contributed by atoms with Gasteiger partial charge in [0.15, 0.2) is 5.16 Å². The summed E-state index contributed by atoms with van der Waals surface area (Å²) in [6, 6.07) is 20.0. The van der Waals surface area contributed by atoms with Gasteiger partial charge in [-0.05, 0) is 50.5 Å². The molecule has 1 atom stereocenters. The molecule has 0 aliphatic heterocycles. The molecule has 1 heterocycles. The van der Waals surface area contributed by atoms with Crippen molar-refractivity contribution in [2.24, 2.45) is 0 Å². The van der Waals surface area contributed by atoms with Gasteiger partial charge in [0.2, 0.25) is 5.91 Å². The van der Waals surface area contributed by atoms with Crippen molar-refractivity contribution in [3.8, 4) is 5.75 Å². The van der Waals surface area contributed by atoms with Crippen molar-refractivity contribution in [3.63, 3.8) is 0 Å². The van der Waals surface area contributed by atoms with Crippen LogP contribution in [0.2, 0.25) is 0 Å². The lowest BCUT2D eigenvalue weighted by molar-refractivity contribution is -0.131. The van der Waals surface area contributed by atoms with Gasteiger partial charge in [-0.3, -0.25) is 4.79 Å². The molecule has 2 aromatic carbocycles. The van der Waals surface area contributed by atoms with Gasteiger partial charge in [0.1, 0.15) is 5.75 Å². The Morgan fingerprint density at radius 3 is 2.35 bits per heavy atom. The Balaban J connectivity index is 1.76. The predicted molar refractivity (Wildman–Crippen MR) is 125 cm³/mol. The molecule has 0 bridgehead atoms. The molecule has 0 spiro atoms. The van der Waals surface area contributed by atoms with Crippen molar-refractivity contribution >= 4 is 17.7 Å². The number of thioether (sulfide) groups is 1. The van der Waals surface area contributed by atoms with Gasteiger partial charge in [0, 0.05) is 24.0 Å². The molecule has 0 N–H and O–H groups in total. The zero-order valence-electron chi connectivity index (χ0n) is 18.5. The van der Waals surface area contributed by atoms with Crippen molar-refractivity contribution in [1.29, 1.82) is 0 Å². The molecule has 5 nitrogen and oxygen atoms in total. The zero-order valence-corrected chi connectivity index (χ0v) is 19.4. The van der Waals surface area contributed by atoms with Crippen LogP contribution in [-0.2, 0) is 17.8 Å². The summed E-state index contributed by atoms with van der Waals surface area (Å²) in [6.07, 6.45) is 0.716. The number of hydrogen-bond donors (Lipinski definition) is 0. The first-order valence-corrected chi connectivity index (χ1v) is 11.3. The van der Waals surface area contributed by atoms with Crippen molar-refractivity contribution in [3.05, 3.63) is 83.2 Å². The predicted octanol–water partition coefficient (Wildman–Crippen LogP) is 4.85. The molecule has 3 aromatic rings.